The van der Waals surface area contributed by atoms with E-state index >= 15 is 0 Å². The Balaban J connectivity index is 1.63. The molecule has 0 bridgehead atoms. The molecule has 0 atom stereocenters. The van der Waals surface area contributed by atoms with E-state index in [2.05, 4.69) is 22.8 Å². The van der Waals surface area contributed by atoms with Crippen molar-refractivity contribution in [3.05, 3.63) is 60.2 Å². The van der Waals surface area contributed by atoms with Crippen LogP contribution in [0.1, 0.15) is 5.56 Å². The molecule has 0 fully saturated rings. The molecular weight excluding hydrogens is 296 g/mol. The second kappa shape index (κ2) is 9.00. The van der Waals surface area contributed by atoms with E-state index in [1.807, 2.05) is 36.4 Å². The van der Waals surface area contributed by atoms with Crippen LogP contribution < -0.4 is 15.4 Å². The van der Waals surface area contributed by atoms with Gasteiger partial charge in [-0.1, -0.05) is 36.4 Å². The van der Waals surface area contributed by atoms with E-state index in [1.54, 1.807) is 24.9 Å². The van der Waals surface area contributed by atoms with Crippen LogP contribution in [0.15, 0.2) is 54.6 Å². The Morgan fingerprint density at radius 1 is 1.14 bits per heavy atom. The number of amides is 2. The fourth-order valence-corrected chi connectivity index (χ4v) is 2.70. The maximum absolute atomic E-state index is 11.8. The van der Waals surface area contributed by atoms with Gasteiger partial charge < -0.3 is 15.4 Å². The Hall–Kier alpha value is -2.14. The SMILES string of the molecule is COc1cccc(NC(=O)NCCSCc2ccccc2)c1. The number of rotatable bonds is 7. The zero-order valence-corrected chi connectivity index (χ0v) is 13.4. The summed E-state index contributed by atoms with van der Waals surface area (Å²) >= 11 is 1.80. The molecule has 0 unspecified atom stereocenters. The smallest absolute Gasteiger partial charge is 0.319 e. The highest BCUT2D eigenvalue weighted by Crippen LogP contribution is 2.16. The third kappa shape index (κ3) is 5.69. The Kier molecular flexibility index (Phi) is 6.64. The molecule has 0 aliphatic heterocycles. The number of carbonyl (C=O) groups excluding carboxylic acids is 1. The number of urea groups is 1. The third-order valence-corrected chi connectivity index (χ3v) is 4.00. The zero-order valence-electron chi connectivity index (χ0n) is 12.5. The number of nitrogens with one attached hydrogen (secondary N) is 2. The summed E-state index contributed by atoms with van der Waals surface area (Å²) in [5.74, 6) is 2.55. The van der Waals surface area contributed by atoms with Gasteiger partial charge >= 0.3 is 6.03 Å². The van der Waals surface area contributed by atoms with Crippen LogP contribution in [0.4, 0.5) is 10.5 Å². The Morgan fingerprint density at radius 2 is 1.95 bits per heavy atom. The Labute approximate surface area is 135 Å². The minimum atomic E-state index is -0.200. The van der Waals surface area contributed by atoms with E-state index in [9.17, 15) is 4.79 Å². The van der Waals surface area contributed by atoms with Crippen molar-refractivity contribution in [1.29, 1.82) is 0 Å². The van der Waals surface area contributed by atoms with Gasteiger partial charge in [-0.05, 0) is 17.7 Å². The molecule has 5 heteroatoms. The summed E-state index contributed by atoms with van der Waals surface area (Å²) in [6.07, 6.45) is 0. The highest BCUT2D eigenvalue weighted by molar-refractivity contribution is 7.98. The largest absolute Gasteiger partial charge is 0.497 e. The third-order valence-electron chi connectivity index (χ3n) is 2.97. The molecule has 2 amide bonds. The predicted octanol–water partition coefficient (Wildman–Crippen LogP) is 3.75. The minimum Gasteiger partial charge on any atom is -0.497 e. The lowest BCUT2D eigenvalue weighted by Crippen LogP contribution is -2.30. The molecule has 0 aromatic heterocycles. The predicted molar refractivity (Wildman–Crippen MR) is 92.6 cm³/mol. The van der Waals surface area contributed by atoms with Crippen LogP contribution in [0.5, 0.6) is 5.75 Å². The number of hydrogen-bond donors (Lipinski definition) is 2. The summed E-state index contributed by atoms with van der Waals surface area (Å²) in [5, 5.41) is 5.63. The number of methoxy groups -OCH3 is 1. The molecule has 2 aromatic carbocycles. The lowest BCUT2D eigenvalue weighted by atomic mass is 10.2. The van der Waals surface area contributed by atoms with Crippen molar-refractivity contribution in [2.45, 2.75) is 5.75 Å². The zero-order chi connectivity index (χ0) is 15.6. The molecule has 2 N–H and O–H groups in total. The number of thioether (sulfide) groups is 1. The minimum absolute atomic E-state index is 0.200. The number of ether oxygens (including phenoxy) is 1. The fraction of sp³-hybridized carbons (Fsp3) is 0.235. The van der Waals surface area contributed by atoms with Gasteiger partial charge in [0.05, 0.1) is 7.11 Å². The molecule has 116 valence electrons. The van der Waals surface area contributed by atoms with Crippen LogP contribution in [-0.2, 0) is 5.75 Å². The summed E-state index contributed by atoms with van der Waals surface area (Å²) in [6, 6.07) is 17.4. The summed E-state index contributed by atoms with van der Waals surface area (Å²) < 4.78 is 5.12. The van der Waals surface area contributed by atoms with Gasteiger partial charge in [-0.15, -0.1) is 0 Å². The van der Waals surface area contributed by atoms with Gasteiger partial charge in [0.1, 0.15) is 5.75 Å². The van der Waals surface area contributed by atoms with Gasteiger partial charge in [0.2, 0.25) is 0 Å². The van der Waals surface area contributed by atoms with Crippen molar-refractivity contribution in [3.63, 3.8) is 0 Å². The lowest BCUT2D eigenvalue weighted by molar-refractivity contribution is 0.252. The van der Waals surface area contributed by atoms with Gasteiger partial charge in [0.25, 0.3) is 0 Å². The summed E-state index contributed by atoms with van der Waals surface area (Å²) in [5.41, 5.74) is 2.02. The van der Waals surface area contributed by atoms with Crippen LogP contribution in [-0.4, -0.2) is 25.4 Å². The number of anilines is 1. The monoisotopic (exact) mass is 316 g/mol. The molecule has 0 aliphatic carbocycles. The molecule has 0 saturated carbocycles. The van der Waals surface area contributed by atoms with Crippen LogP contribution >= 0.6 is 11.8 Å². The molecule has 22 heavy (non-hydrogen) atoms. The van der Waals surface area contributed by atoms with Crippen molar-refractivity contribution in [1.82, 2.24) is 5.32 Å². The standard InChI is InChI=1S/C17H20N2O2S/c1-21-16-9-5-8-15(12-16)19-17(20)18-10-11-22-13-14-6-3-2-4-7-14/h2-9,12H,10-11,13H2,1H3,(H2,18,19,20). The first kappa shape index (κ1) is 16.2. The van der Waals surface area contributed by atoms with Gasteiger partial charge in [0, 0.05) is 29.8 Å². The topological polar surface area (TPSA) is 50.4 Å². The fourth-order valence-electron chi connectivity index (χ4n) is 1.88. The van der Waals surface area contributed by atoms with E-state index in [-0.39, 0.29) is 6.03 Å². The summed E-state index contributed by atoms with van der Waals surface area (Å²) in [6.45, 7) is 0.632. The second-order valence-corrected chi connectivity index (χ2v) is 5.76. The maximum atomic E-state index is 11.8. The molecule has 0 radical (unpaired) electrons. The van der Waals surface area contributed by atoms with Crippen molar-refractivity contribution < 1.29 is 9.53 Å². The van der Waals surface area contributed by atoms with E-state index in [1.165, 1.54) is 5.56 Å². The normalized spacial score (nSPS) is 10.0. The van der Waals surface area contributed by atoms with Gasteiger partial charge in [-0.2, -0.15) is 11.8 Å². The first-order valence-corrected chi connectivity index (χ1v) is 8.24. The Bertz CT molecular complexity index is 590. The average Bonchev–Trinajstić information content (AvgIpc) is 2.55. The summed E-state index contributed by atoms with van der Waals surface area (Å²) in [4.78, 5) is 11.8. The molecule has 2 rings (SSSR count). The molecule has 0 heterocycles. The van der Waals surface area contributed by atoms with E-state index in [4.69, 9.17) is 4.74 Å². The first-order chi connectivity index (χ1) is 10.8. The number of benzene rings is 2. The molecule has 0 saturated heterocycles. The van der Waals surface area contributed by atoms with Crippen molar-refractivity contribution in [2.75, 3.05) is 24.7 Å². The highest BCUT2D eigenvalue weighted by atomic mass is 32.2. The van der Waals surface area contributed by atoms with Crippen LogP contribution in [0.3, 0.4) is 0 Å². The summed E-state index contributed by atoms with van der Waals surface area (Å²) in [7, 11) is 1.60. The van der Waals surface area contributed by atoms with Crippen molar-refractivity contribution in [2.24, 2.45) is 0 Å². The van der Waals surface area contributed by atoms with Gasteiger partial charge in [-0.3, -0.25) is 0 Å². The maximum Gasteiger partial charge on any atom is 0.319 e. The Morgan fingerprint density at radius 3 is 2.73 bits per heavy atom. The average molecular weight is 316 g/mol. The number of hydrogen-bond acceptors (Lipinski definition) is 3. The molecule has 0 aliphatic rings. The van der Waals surface area contributed by atoms with E-state index in [0.29, 0.717) is 12.2 Å². The van der Waals surface area contributed by atoms with Gasteiger partial charge in [-0.25, -0.2) is 4.79 Å². The van der Waals surface area contributed by atoms with Crippen LogP contribution in [0.2, 0.25) is 0 Å². The van der Waals surface area contributed by atoms with Crippen molar-refractivity contribution in [3.8, 4) is 5.75 Å². The van der Waals surface area contributed by atoms with E-state index < -0.39 is 0 Å². The van der Waals surface area contributed by atoms with E-state index in [0.717, 1.165) is 17.3 Å². The molecular formula is C17H20N2O2S. The molecule has 4 nitrogen and oxygen atoms in total. The lowest BCUT2D eigenvalue weighted by Gasteiger charge is -2.08. The molecule has 2 aromatic rings. The van der Waals surface area contributed by atoms with Crippen LogP contribution in [0.25, 0.3) is 0 Å². The van der Waals surface area contributed by atoms with Crippen LogP contribution in [0, 0.1) is 0 Å². The quantitative estimate of drug-likeness (QED) is 0.765. The molecule has 0 spiro atoms. The first-order valence-electron chi connectivity index (χ1n) is 7.08. The van der Waals surface area contributed by atoms with Gasteiger partial charge in [0.15, 0.2) is 0 Å². The highest BCUT2D eigenvalue weighted by Gasteiger charge is 2.02. The van der Waals surface area contributed by atoms with Crippen molar-refractivity contribution >= 4 is 23.5 Å². The number of carbonyl (C=O) groups is 1. The second-order valence-electron chi connectivity index (χ2n) is 4.65.